The number of pyridine rings is 1. The van der Waals surface area contributed by atoms with Crippen molar-refractivity contribution in [2.75, 3.05) is 13.2 Å². The zero-order valence-corrected chi connectivity index (χ0v) is 11.2. The minimum absolute atomic E-state index is 0.0169. The van der Waals surface area contributed by atoms with Crippen molar-refractivity contribution in [1.29, 1.82) is 0 Å². The average molecular weight is 277 g/mol. The Hall–Kier alpha value is -1.94. The van der Waals surface area contributed by atoms with Crippen LogP contribution in [0.2, 0.25) is 5.15 Å². The highest BCUT2D eigenvalue weighted by molar-refractivity contribution is 6.32. The van der Waals surface area contributed by atoms with Crippen LogP contribution >= 0.6 is 11.6 Å². The van der Waals surface area contributed by atoms with E-state index in [-0.39, 0.29) is 12.5 Å². The molecule has 1 heterocycles. The Morgan fingerprint density at radius 3 is 3.05 bits per heavy atom. The van der Waals surface area contributed by atoms with Crippen molar-refractivity contribution in [3.05, 3.63) is 41.0 Å². The second kappa shape index (κ2) is 6.29. The van der Waals surface area contributed by atoms with Gasteiger partial charge in [-0.1, -0.05) is 29.8 Å². The van der Waals surface area contributed by atoms with Gasteiger partial charge in [-0.15, -0.1) is 0 Å². The van der Waals surface area contributed by atoms with Crippen LogP contribution in [-0.2, 0) is 9.53 Å². The molecular weight excluding hydrogens is 264 g/mol. The fourth-order valence-electron chi connectivity index (χ4n) is 1.62. The molecule has 0 unspecified atom stereocenters. The van der Waals surface area contributed by atoms with Crippen molar-refractivity contribution < 1.29 is 9.53 Å². The van der Waals surface area contributed by atoms with Crippen LogP contribution in [0.4, 0.5) is 0 Å². The summed E-state index contributed by atoms with van der Waals surface area (Å²) in [7, 11) is 0. The van der Waals surface area contributed by atoms with Gasteiger partial charge in [0.1, 0.15) is 11.7 Å². The highest BCUT2D eigenvalue weighted by Crippen LogP contribution is 2.18. The third kappa shape index (κ3) is 3.51. The highest BCUT2D eigenvalue weighted by atomic mass is 35.5. The van der Waals surface area contributed by atoms with Crippen LogP contribution in [-0.4, -0.2) is 30.3 Å². The maximum absolute atomic E-state index is 11.1. The zero-order valence-electron chi connectivity index (χ0n) is 10.5. The average Bonchev–Trinajstić information content (AvgIpc) is 2.39. The molecular formula is C14H13ClN2O2. The van der Waals surface area contributed by atoms with Crippen molar-refractivity contribution >= 4 is 34.7 Å². The van der Waals surface area contributed by atoms with Crippen LogP contribution in [0, 0.1) is 0 Å². The summed E-state index contributed by atoms with van der Waals surface area (Å²) in [5.41, 5.74) is 1.51. The van der Waals surface area contributed by atoms with Crippen LogP contribution in [0.3, 0.4) is 0 Å². The van der Waals surface area contributed by atoms with Gasteiger partial charge in [0.25, 0.3) is 0 Å². The fourth-order valence-corrected chi connectivity index (χ4v) is 1.82. The third-order valence-electron chi connectivity index (χ3n) is 2.46. The molecule has 0 saturated carbocycles. The molecule has 0 bridgehead atoms. The van der Waals surface area contributed by atoms with E-state index in [2.05, 4.69) is 9.98 Å². The lowest BCUT2D eigenvalue weighted by molar-refractivity contribution is -0.141. The van der Waals surface area contributed by atoms with Crippen molar-refractivity contribution in [2.24, 2.45) is 4.99 Å². The second-order valence-corrected chi connectivity index (χ2v) is 4.19. The summed E-state index contributed by atoms with van der Waals surface area (Å²) in [4.78, 5) is 19.4. The number of rotatable bonds is 4. The summed E-state index contributed by atoms with van der Waals surface area (Å²) in [5, 5.41) is 1.34. The van der Waals surface area contributed by atoms with Crippen LogP contribution in [0.25, 0.3) is 10.9 Å². The number of esters is 1. The number of carbonyl (C=O) groups excluding carboxylic acids is 1. The molecule has 0 N–H and O–H groups in total. The van der Waals surface area contributed by atoms with Gasteiger partial charge in [-0.2, -0.15) is 0 Å². The van der Waals surface area contributed by atoms with E-state index in [0.29, 0.717) is 17.3 Å². The molecule has 0 aliphatic rings. The quantitative estimate of drug-likeness (QED) is 0.490. The molecule has 0 aliphatic heterocycles. The van der Waals surface area contributed by atoms with Crippen molar-refractivity contribution in [3.63, 3.8) is 0 Å². The Morgan fingerprint density at radius 1 is 1.47 bits per heavy atom. The predicted molar refractivity (Wildman–Crippen MR) is 75.8 cm³/mol. The van der Waals surface area contributed by atoms with Gasteiger partial charge in [0.05, 0.1) is 12.1 Å². The zero-order chi connectivity index (χ0) is 13.7. The van der Waals surface area contributed by atoms with E-state index in [4.69, 9.17) is 16.3 Å². The first-order valence-corrected chi connectivity index (χ1v) is 6.29. The summed E-state index contributed by atoms with van der Waals surface area (Å²) in [5.74, 6) is -0.358. The van der Waals surface area contributed by atoms with Crippen molar-refractivity contribution in [2.45, 2.75) is 6.92 Å². The van der Waals surface area contributed by atoms with Crippen LogP contribution in [0.15, 0.2) is 35.3 Å². The molecule has 0 fully saturated rings. The first-order chi connectivity index (χ1) is 9.20. The van der Waals surface area contributed by atoms with Crippen LogP contribution in [0.5, 0.6) is 0 Å². The fraction of sp³-hybridized carbons (Fsp3) is 0.214. The largest absolute Gasteiger partial charge is 0.465 e. The normalized spacial score (nSPS) is 11.1. The smallest absolute Gasteiger partial charge is 0.327 e. The van der Waals surface area contributed by atoms with E-state index in [0.717, 1.165) is 10.9 Å². The predicted octanol–water partition coefficient (Wildman–Crippen LogP) is 2.87. The maximum Gasteiger partial charge on any atom is 0.327 e. The van der Waals surface area contributed by atoms with Gasteiger partial charge in [0.15, 0.2) is 0 Å². The Labute approximate surface area is 116 Å². The van der Waals surface area contributed by atoms with Gasteiger partial charge < -0.3 is 4.74 Å². The molecule has 1 aromatic carbocycles. The lowest BCUT2D eigenvalue weighted by atomic mass is 10.2. The first kappa shape index (κ1) is 13.5. The van der Waals surface area contributed by atoms with E-state index < -0.39 is 0 Å². The summed E-state index contributed by atoms with van der Waals surface area (Å²) in [6, 6.07) is 9.55. The number of para-hydroxylation sites is 1. The molecule has 5 heteroatoms. The van der Waals surface area contributed by atoms with Crippen molar-refractivity contribution in [3.8, 4) is 0 Å². The number of hydrogen-bond donors (Lipinski definition) is 0. The van der Waals surface area contributed by atoms with E-state index >= 15 is 0 Å². The molecule has 0 atom stereocenters. The van der Waals surface area contributed by atoms with Gasteiger partial charge in [-0.3, -0.25) is 9.79 Å². The number of aliphatic imine (C=N–C) groups is 1. The first-order valence-electron chi connectivity index (χ1n) is 5.91. The lowest BCUT2D eigenvalue weighted by Gasteiger charge is -2.01. The Bertz CT molecular complexity index is 626. The molecule has 0 radical (unpaired) electrons. The van der Waals surface area contributed by atoms with Gasteiger partial charge >= 0.3 is 5.97 Å². The number of fused-ring (bicyclic) bond motifs is 1. The van der Waals surface area contributed by atoms with E-state index in [1.54, 1.807) is 13.1 Å². The van der Waals surface area contributed by atoms with Crippen LogP contribution < -0.4 is 0 Å². The van der Waals surface area contributed by atoms with Crippen molar-refractivity contribution in [1.82, 2.24) is 4.98 Å². The molecule has 4 nitrogen and oxygen atoms in total. The third-order valence-corrected chi connectivity index (χ3v) is 2.76. The van der Waals surface area contributed by atoms with Crippen LogP contribution in [0.1, 0.15) is 12.5 Å². The Kier molecular flexibility index (Phi) is 4.47. The molecule has 0 spiro atoms. The summed E-state index contributed by atoms with van der Waals surface area (Å²) < 4.78 is 4.78. The number of hydrogen-bond acceptors (Lipinski definition) is 4. The molecule has 98 valence electrons. The molecule has 0 amide bonds. The standard InChI is InChI=1S/C14H13ClN2O2/c1-2-19-13(18)9-16-8-11-7-10-5-3-4-6-12(10)17-14(11)15/h3-8H,2,9H2,1H3. The molecule has 19 heavy (non-hydrogen) atoms. The number of aromatic nitrogens is 1. The molecule has 0 saturated heterocycles. The molecule has 2 aromatic rings. The monoisotopic (exact) mass is 276 g/mol. The number of ether oxygens (including phenoxy) is 1. The summed E-state index contributed by atoms with van der Waals surface area (Å²) in [6.45, 7) is 2.09. The SMILES string of the molecule is CCOC(=O)CN=Cc1cc2ccccc2nc1Cl. The number of nitrogens with zero attached hydrogens (tertiary/aromatic N) is 2. The second-order valence-electron chi connectivity index (χ2n) is 3.84. The van der Waals surface area contributed by atoms with Gasteiger partial charge in [-0.25, -0.2) is 4.98 Å². The van der Waals surface area contributed by atoms with E-state index in [9.17, 15) is 4.79 Å². The number of carbonyl (C=O) groups is 1. The summed E-state index contributed by atoms with van der Waals surface area (Å²) in [6.07, 6.45) is 1.54. The molecule has 2 rings (SSSR count). The topological polar surface area (TPSA) is 51.5 Å². The molecule has 0 aliphatic carbocycles. The highest BCUT2D eigenvalue weighted by Gasteiger charge is 2.03. The minimum atomic E-state index is -0.358. The summed E-state index contributed by atoms with van der Waals surface area (Å²) >= 11 is 6.06. The van der Waals surface area contributed by atoms with E-state index in [1.807, 2.05) is 30.3 Å². The van der Waals surface area contributed by atoms with E-state index in [1.165, 1.54) is 0 Å². The van der Waals surface area contributed by atoms with Gasteiger partial charge in [-0.05, 0) is 19.1 Å². The minimum Gasteiger partial charge on any atom is -0.465 e. The Balaban J connectivity index is 2.18. The van der Waals surface area contributed by atoms with Gasteiger partial charge in [0.2, 0.25) is 0 Å². The van der Waals surface area contributed by atoms with Gasteiger partial charge in [0, 0.05) is 17.2 Å². The number of halogens is 1. The lowest BCUT2D eigenvalue weighted by Crippen LogP contribution is -2.07. The Morgan fingerprint density at radius 2 is 2.26 bits per heavy atom. The molecule has 1 aromatic heterocycles. The maximum atomic E-state index is 11.1. The number of benzene rings is 1.